The molecule has 0 saturated carbocycles. The van der Waals surface area contributed by atoms with Crippen LogP contribution in [0.5, 0.6) is 0 Å². The van der Waals surface area contributed by atoms with Crippen molar-refractivity contribution in [1.29, 1.82) is 5.26 Å². The molecular weight excluding hydrogens is 236 g/mol. The van der Waals surface area contributed by atoms with Gasteiger partial charge in [-0.2, -0.15) is 5.26 Å². The van der Waals surface area contributed by atoms with Gasteiger partial charge in [-0.25, -0.2) is 0 Å². The van der Waals surface area contributed by atoms with E-state index in [4.69, 9.17) is 5.26 Å². The number of benzene rings is 1. The molecule has 3 heteroatoms. The van der Waals surface area contributed by atoms with Crippen LogP contribution < -0.4 is 0 Å². The molecule has 0 radical (unpaired) electrons. The summed E-state index contributed by atoms with van der Waals surface area (Å²) in [6, 6.07) is 12.5. The van der Waals surface area contributed by atoms with E-state index in [2.05, 4.69) is 36.9 Å². The molecule has 1 aromatic rings. The van der Waals surface area contributed by atoms with Gasteiger partial charge in [-0.1, -0.05) is 44.2 Å². The summed E-state index contributed by atoms with van der Waals surface area (Å²) in [5.74, 6) is 0. The molecule has 0 aliphatic heterocycles. The molecule has 0 saturated heterocycles. The maximum absolute atomic E-state index is 9.19. The van der Waals surface area contributed by atoms with Crippen molar-refractivity contribution in [2.24, 2.45) is 5.41 Å². The molecule has 104 valence electrons. The van der Waals surface area contributed by atoms with Crippen LogP contribution in [0.1, 0.15) is 32.3 Å². The summed E-state index contributed by atoms with van der Waals surface area (Å²) in [5, 5.41) is 17.9. The van der Waals surface area contributed by atoms with Crippen LogP contribution in [-0.2, 0) is 6.54 Å². The largest absolute Gasteiger partial charge is 0.395 e. The van der Waals surface area contributed by atoms with Crippen molar-refractivity contribution in [2.45, 2.75) is 33.2 Å². The van der Waals surface area contributed by atoms with Crippen LogP contribution in [0.25, 0.3) is 0 Å². The summed E-state index contributed by atoms with van der Waals surface area (Å²) >= 11 is 0. The molecule has 0 bridgehead atoms. The molecule has 0 aliphatic carbocycles. The van der Waals surface area contributed by atoms with Gasteiger partial charge in [-0.3, -0.25) is 4.90 Å². The van der Waals surface area contributed by atoms with Crippen molar-refractivity contribution in [3.63, 3.8) is 0 Å². The number of nitriles is 1. The number of hydrogen-bond acceptors (Lipinski definition) is 3. The second-order valence-corrected chi connectivity index (χ2v) is 5.74. The van der Waals surface area contributed by atoms with Crippen molar-refractivity contribution in [1.82, 2.24) is 4.90 Å². The summed E-state index contributed by atoms with van der Waals surface area (Å²) in [6.07, 6.45) is 1.48. The lowest BCUT2D eigenvalue weighted by atomic mass is 9.87. The van der Waals surface area contributed by atoms with E-state index in [0.29, 0.717) is 13.0 Å². The van der Waals surface area contributed by atoms with Crippen molar-refractivity contribution in [3.05, 3.63) is 35.9 Å². The second kappa shape index (κ2) is 7.93. The lowest BCUT2D eigenvalue weighted by molar-refractivity contribution is 0.133. The van der Waals surface area contributed by atoms with E-state index in [1.807, 2.05) is 18.2 Å². The summed E-state index contributed by atoms with van der Waals surface area (Å²) < 4.78 is 0. The molecule has 0 spiro atoms. The van der Waals surface area contributed by atoms with Crippen LogP contribution in [0.4, 0.5) is 0 Å². The molecule has 0 amide bonds. The van der Waals surface area contributed by atoms with Crippen molar-refractivity contribution >= 4 is 0 Å². The second-order valence-electron chi connectivity index (χ2n) is 5.74. The van der Waals surface area contributed by atoms with E-state index < -0.39 is 0 Å². The maximum atomic E-state index is 9.19. The van der Waals surface area contributed by atoms with E-state index in [-0.39, 0.29) is 12.0 Å². The fourth-order valence-electron chi connectivity index (χ4n) is 2.28. The van der Waals surface area contributed by atoms with Gasteiger partial charge in [0.25, 0.3) is 0 Å². The van der Waals surface area contributed by atoms with Crippen LogP contribution in [0.2, 0.25) is 0 Å². The quantitative estimate of drug-likeness (QED) is 0.782. The van der Waals surface area contributed by atoms with Crippen LogP contribution >= 0.6 is 0 Å². The molecule has 1 rings (SSSR count). The van der Waals surface area contributed by atoms with Gasteiger partial charge in [0.2, 0.25) is 0 Å². The van der Waals surface area contributed by atoms with Gasteiger partial charge in [-0.05, 0) is 17.4 Å². The fraction of sp³-hybridized carbons (Fsp3) is 0.562. The average Bonchev–Trinajstić information content (AvgIpc) is 2.37. The first-order valence-corrected chi connectivity index (χ1v) is 6.81. The Balaban J connectivity index is 2.60. The molecule has 0 unspecified atom stereocenters. The van der Waals surface area contributed by atoms with Gasteiger partial charge in [0, 0.05) is 26.1 Å². The maximum Gasteiger partial charge on any atom is 0.0621 e. The SMILES string of the molecule is CC(C)(CCC#N)CN(CCO)Cc1ccccc1. The van der Waals surface area contributed by atoms with E-state index in [9.17, 15) is 5.11 Å². The molecule has 0 heterocycles. The molecule has 1 aromatic carbocycles. The molecule has 0 fully saturated rings. The summed E-state index contributed by atoms with van der Waals surface area (Å²) in [6.45, 7) is 6.94. The molecule has 0 aliphatic rings. The monoisotopic (exact) mass is 260 g/mol. The predicted molar refractivity (Wildman–Crippen MR) is 77.4 cm³/mol. The first kappa shape index (κ1) is 15.7. The third-order valence-corrected chi connectivity index (χ3v) is 3.23. The highest BCUT2D eigenvalue weighted by atomic mass is 16.3. The first-order valence-electron chi connectivity index (χ1n) is 6.81. The smallest absolute Gasteiger partial charge is 0.0621 e. The molecular formula is C16H24N2O. The third kappa shape index (κ3) is 6.37. The zero-order chi connectivity index (χ0) is 14.1. The molecule has 0 atom stereocenters. The average molecular weight is 260 g/mol. The summed E-state index contributed by atoms with van der Waals surface area (Å²) in [4.78, 5) is 2.26. The third-order valence-electron chi connectivity index (χ3n) is 3.23. The Morgan fingerprint density at radius 3 is 2.53 bits per heavy atom. The van der Waals surface area contributed by atoms with E-state index >= 15 is 0 Å². The minimum atomic E-state index is 0.0969. The Kier molecular flexibility index (Phi) is 6.55. The minimum absolute atomic E-state index is 0.0969. The normalized spacial score (nSPS) is 11.5. The van der Waals surface area contributed by atoms with E-state index in [1.54, 1.807) is 0 Å². The topological polar surface area (TPSA) is 47.3 Å². The van der Waals surface area contributed by atoms with Crippen molar-refractivity contribution in [3.8, 4) is 6.07 Å². The van der Waals surface area contributed by atoms with Gasteiger partial charge in [0.15, 0.2) is 0 Å². The van der Waals surface area contributed by atoms with Gasteiger partial charge in [0.05, 0.1) is 12.7 Å². The van der Waals surface area contributed by atoms with Crippen LogP contribution in [0.3, 0.4) is 0 Å². The number of aliphatic hydroxyl groups excluding tert-OH is 1. The number of aliphatic hydroxyl groups is 1. The van der Waals surface area contributed by atoms with Crippen LogP contribution in [0.15, 0.2) is 30.3 Å². The zero-order valence-electron chi connectivity index (χ0n) is 12.0. The molecule has 1 N–H and O–H groups in total. The van der Waals surface area contributed by atoms with Gasteiger partial charge >= 0.3 is 0 Å². The predicted octanol–water partition coefficient (Wildman–Crippen LogP) is 2.81. The minimum Gasteiger partial charge on any atom is -0.395 e. The van der Waals surface area contributed by atoms with Crippen molar-refractivity contribution in [2.75, 3.05) is 19.7 Å². The summed E-state index contributed by atoms with van der Waals surface area (Å²) in [5.41, 5.74) is 1.35. The van der Waals surface area contributed by atoms with Crippen molar-refractivity contribution < 1.29 is 5.11 Å². The Hall–Kier alpha value is -1.37. The molecule has 3 nitrogen and oxygen atoms in total. The highest BCUT2D eigenvalue weighted by molar-refractivity contribution is 5.14. The Bertz CT molecular complexity index is 395. The highest BCUT2D eigenvalue weighted by Crippen LogP contribution is 2.24. The Morgan fingerprint density at radius 1 is 1.26 bits per heavy atom. The summed E-state index contributed by atoms with van der Waals surface area (Å²) in [7, 11) is 0. The lowest BCUT2D eigenvalue weighted by Gasteiger charge is -2.32. The Morgan fingerprint density at radius 2 is 1.95 bits per heavy atom. The number of rotatable bonds is 8. The standard InChI is InChI=1S/C16H24N2O/c1-16(2,9-6-10-17)14-18(11-12-19)13-15-7-4-3-5-8-15/h3-5,7-8,19H,6,9,11-14H2,1-2H3. The molecule has 19 heavy (non-hydrogen) atoms. The Labute approximate surface area is 116 Å². The number of hydrogen-bond donors (Lipinski definition) is 1. The van der Waals surface area contributed by atoms with Gasteiger partial charge in [0.1, 0.15) is 0 Å². The fourth-order valence-corrected chi connectivity index (χ4v) is 2.28. The first-order chi connectivity index (χ1) is 9.07. The molecule has 0 aromatic heterocycles. The van der Waals surface area contributed by atoms with Crippen LogP contribution in [-0.4, -0.2) is 29.7 Å². The number of nitrogens with zero attached hydrogens (tertiary/aromatic N) is 2. The van der Waals surface area contributed by atoms with Gasteiger partial charge in [-0.15, -0.1) is 0 Å². The zero-order valence-corrected chi connectivity index (χ0v) is 12.0. The lowest BCUT2D eigenvalue weighted by Crippen LogP contribution is -2.35. The highest BCUT2D eigenvalue weighted by Gasteiger charge is 2.21. The van der Waals surface area contributed by atoms with Crippen LogP contribution in [0, 0.1) is 16.7 Å². The van der Waals surface area contributed by atoms with E-state index in [0.717, 1.165) is 19.5 Å². The van der Waals surface area contributed by atoms with E-state index in [1.165, 1.54) is 5.56 Å². The van der Waals surface area contributed by atoms with Gasteiger partial charge < -0.3 is 5.11 Å².